The Kier molecular flexibility index (Phi) is 5.18. The maximum absolute atomic E-state index is 13.1. The minimum atomic E-state index is -3.52. The zero-order chi connectivity index (χ0) is 19.7. The number of rotatable bonds is 4. The molecule has 2 aromatic rings. The summed E-state index contributed by atoms with van der Waals surface area (Å²) >= 11 is 0. The van der Waals surface area contributed by atoms with Gasteiger partial charge in [0.25, 0.3) is 0 Å². The highest BCUT2D eigenvalue weighted by Crippen LogP contribution is 2.37. The molecule has 146 valence electrons. The number of amides is 2. The first-order chi connectivity index (χ1) is 12.7. The van der Waals surface area contributed by atoms with Crippen molar-refractivity contribution in [1.82, 2.24) is 24.9 Å². The lowest BCUT2D eigenvalue weighted by Gasteiger charge is -2.39. The summed E-state index contributed by atoms with van der Waals surface area (Å²) in [4.78, 5) is 14.3. The predicted molar refractivity (Wildman–Crippen MR) is 99.8 cm³/mol. The van der Waals surface area contributed by atoms with Crippen LogP contribution in [-0.4, -0.2) is 57.2 Å². The second kappa shape index (κ2) is 7.26. The van der Waals surface area contributed by atoms with Crippen molar-refractivity contribution < 1.29 is 13.2 Å². The molecule has 0 bridgehead atoms. The van der Waals surface area contributed by atoms with Crippen molar-refractivity contribution in [2.24, 2.45) is 13.0 Å². The van der Waals surface area contributed by atoms with Gasteiger partial charge in [-0.15, -0.1) is 0 Å². The number of likely N-dealkylation sites (tertiary alicyclic amines) is 1. The van der Waals surface area contributed by atoms with Gasteiger partial charge in [-0.2, -0.15) is 15.3 Å². The Hall–Kier alpha value is -2.49. The highest BCUT2D eigenvalue weighted by molar-refractivity contribution is 7.92. The molecule has 2 amide bonds. The van der Waals surface area contributed by atoms with E-state index in [9.17, 15) is 13.2 Å². The van der Waals surface area contributed by atoms with E-state index in [4.69, 9.17) is 0 Å². The molecule has 0 aromatic carbocycles. The molecule has 2 aromatic heterocycles. The molecule has 0 aliphatic carbocycles. The number of anilines is 1. The third kappa shape index (κ3) is 3.80. The van der Waals surface area contributed by atoms with E-state index in [0.717, 1.165) is 0 Å². The molecule has 27 heavy (non-hydrogen) atoms. The van der Waals surface area contributed by atoms with Crippen molar-refractivity contribution in [3.63, 3.8) is 0 Å². The molecule has 1 fully saturated rings. The van der Waals surface area contributed by atoms with Crippen molar-refractivity contribution in [3.8, 4) is 0 Å². The summed E-state index contributed by atoms with van der Waals surface area (Å²) in [6, 6.07) is 1.45. The first kappa shape index (κ1) is 19.3. The zero-order valence-corrected chi connectivity index (χ0v) is 16.5. The van der Waals surface area contributed by atoms with Crippen LogP contribution in [0.3, 0.4) is 0 Å². The fourth-order valence-electron chi connectivity index (χ4n) is 3.41. The molecular weight excluding hydrogens is 368 g/mol. The van der Waals surface area contributed by atoms with Crippen LogP contribution in [0, 0.1) is 5.92 Å². The van der Waals surface area contributed by atoms with Gasteiger partial charge in [-0.05, 0) is 38.7 Å². The number of carbonyl (C=O) groups is 1. The van der Waals surface area contributed by atoms with Crippen molar-refractivity contribution in [3.05, 3.63) is 30.9 Å². The Morgan fingerprint density at radius 2 is 1.93 bits per heavy atom. The molecule has 1 aliphatic rings. The Morgan fingerprint density at radius 1 is 1.22 bits per heavy atom. The maximum atomic E-state index is 13.1. The molecule has 0 saturated carbocycles. The lowest BCUT2D eigenvalue weighted by molar-refractivity contribution is 0.171. The van der Waals surface area contributed by atoms with Crippen molar-refractivity contribution in [2.75, 3.05) is 18.4 Å². The summed E-state index contributed by atoms with van der Waals surface area (Å²) in [5.74, 6) is -0.0469. The zero-order valence-electron chi connectivity index (χ0n) is 15.7. The third-order valence-electron chi connectivity index (χ3n) is 5.28. The first-order valence-corrected chi connectivity index (χ1v) is 10.3. The van der Waals surface area contributed by atoms with Gasteiger partial charge in [-0.25, -0.2) is 13.2 Å². The number of sulfone groups is 1. The lowest BCUT2D eigenvalue weighted by atomic mass is 9.86. The normalized spacial score (nSPS) is 16.3. The molecule has 1 aliphatic heterocycles. The Labute approximate surface area is 158 Å². The number of hydrogen-bond acceptors (Lipinski definition) is 6. The molecule has 0 unspecified atom stereocenters. The van der Waals surface area contributed by atoms with Crippen LogP contribution in [0.4, 0.5) is 10.5 Å². The van der Waals surface area contributed by atoms with Gasteiger partial charge < -0.3 is 10.2 Å². The number of carbonyl (C=O) groups excluding carboxylic acids is 1. The maximum Gasteiger partial charge on any atom is 0.321 e. The van der Waals surface area contributed by atoms with Crippen LogP contribution in [0.25, 0.3) is 0 Å². The minimum absolute atomic E-state index is 0.0469. The van der Waals surface area contributed by atoms with E-state index >= 15 is 0 Å². The van der Waals surface area contributed by atoms with Gasteiger partial charge in [-0.1, -0.05) is 0 Å². The largest absolute Gasteiger partial charge is 0.325 e. The highest BCUT2D eigenvalue weighted by atomic mass is 32.2. The Morgan fingerprint density at radius 3 is 2.48 bits per heavy atom. The molecule has 0 atom stereocenters. The van der Waals surface area contributed by atoms with Gasteiger partial charge in [0.05, 0.1) is 29.0 Å². The number of nitrogens with zero attached hydrogens (tertiary/aromatic N) is 5. The van der Waals surface area contributed by atoms with Gasteiger partial charge in [0, 0.05) is 26.3 Å². The first-order valence-electron chi connectivity index (χ1n) is 8.77. The number of aryl methyl sites for hydroxylation is 1. The summed E-state index contributed by atoms with van der Waals surface area (Å²) in [6.45, 7) is 4.53. The van der Waals surface area contributed by atoms with Gasteiger partial charge in [0.1, 0.15) is 4.90 Å². The SMILES string of the molecule is Cn1cc(S(=O)(=O)C(C)(C)C2CCN(C(=O)Nc3ccnnc3)CC2)cn1. The van der Waals surface area contributed by atoms with E-state index < -0.39 is 14.6 Å². The average Bonchev–Trinajstić information content (AvgIpc) is 3.09. The molecule has 9 nitrogen and oxygen atoms in total. The van der Waals surface area contributed by atoms with Crippen LogP contribution in [0.2, 0.25) is 0 Å². The number of piperidine rings is 1. The number of urea groups is 1. The fraction of sp³-hybridized carbons (Fsp3) is 0.529. The second-order valence-electron chi connectivity index (χ2n) is 7.28. The fourth-order valence-corrected chi connectivity index (χ4v) is 5.16. The average molecular weight is 392 g/mol. The van der Waals surface area contributed by atoms with Gasteiger partial charge >= 0.3 is 6.03 Å². The summed E-state index contributed by atoms with van der Waals surface area (Å²) in [6.07, 6.45) is 7.15. The summed E-state index contributed by atoms with van der Waals surface area (Å²) in [5.41, 5.74) is 0.580. The quantitative estimate of drug-likeness (QED) is 0.848. The second-order valence-corrected chi connectivity index (χ2v) is 9.81. The monoisotopic (exact) mass is 392 g/mol. The van der Waals surface area contributed by atoms with Gasteiger partial charge in [0.15, 0.2) is 9.84 Å². The summed E-state index contributed by atoms with van der Waals surface area (Å²) in [5, 5.41) is 14.2. The van der Waals surface area contributed by atoms with E-state index in [1.54, 1.807) is 31.9 Å². The highest BCUT2D eigenvalue weighted by Gasteiger charge is 2.44. The summed E-state index contributed by atoms with van der Waals surface area (Å²) < 4.78 is 26.7. The molecule has 1 N–H and O–H groups in total. The standard InChI is InChI=1S/C17H24N6O3S/c1-17(2,27(25,26)15-11-20-22(3)12-15)13-5-8-23(9-6-13)16(24)21-14-4-7-18-19-10-14/h4,7,10-13H,5-6,8-9H2,1-3H3,(H,18,21,24). The minimum Gasteiger partial charge on any atom is -0.325 e. The molecule has 3 rings (SSSR count). The smallest absolute Gasteiger partial charge is 0.321 e. The van der Waals surface area contributed by atoms with E-state index in [1.165, 1.54) is 29.5 Å². The van der Waals surface area contributed by atoms with E-state index in [1.807, 2.05) is 0 Å². The molecular formula is C17H24N6O3S. The number of nitrogens with one attached hydrogen (secondary N) is 1. The number of aromatic nitrogens is 4. The van der Waals surface area contributed by atoms with Crippen LogP contribution >= 0.6 is 0 Å². The van der Waals surface area contributed by atoms with Gasteiger partial charge in [-0.3, -0.25) is 4.68 Å². The molecule has 3 heterocycles. The molecule has 0 spiro atoms. The van der Waals surface area contributed by atoms with Crippen molar-refractivity contribution in [2.45, 2.75) is 36.3 Å². The predicted octanol–water partition coefficient (Wildman–Crippen LogP) is 1.71. The lowest BCUT2D eigenvalue weighted by Crippen LogP contribution is -2.48. The van der Waals surface area contributed by atoms with E-state index in [0.29, 0.717) is 31.6 Å². The van der Waals surface area contributed by atoms with Crippen LogP contribution in [-0.2, 0) is 16.9 Å². The van der Waals surface area contributed by atoms with E-state index in [-0.39, 0.29) is 16.8 Å². The summed E-state index contributed by atoms with van der Waals surface area (Å²) in [7, 11) is -1.83. The molecule has 0 radical (unpaired) electrons. The Bertz CT molecular complexity index is 902. The van der Waals surface area contributed by atoms with Crippen LogP contribution in [0.5, 0.6) is 0 Å². The Balaban J connectivity index is 1.65. The van der Waals surface area contributed by atoms with E-state index in [2.05, 4.69) is 20.6 Å². The van der Waals surface area contributed by atoms with Crippen LogP contribution in [0.15, 0.2) is 35.7 Å². The van der Waals surface area contributed by atoms with Crippen LogP contribution < -0.4 is 5.32 Å². The van der Waals surface area contributed by atoms with Crippen molar-refractivity contribution >= 4 is 21.6 Å². The van der Waals surface area contributed by atoms with Crippen LogP contribution in [0.1, 0.15) is 26.7 Å². The molecule has 1 saturated heterocycles. The number of hydrogen-bond donors (Lipinski definition) is 1. The molecule has 10 heteroatoms. The third-order valence-corrected chi connectivity index (χ3v) is 7.83. The topological polar surface area (TPSA) is 110 Å². The van der Waals surface area contributed by atoms with Gasteiger partial charge in [0.2, 0.25) is 0 Å². The van der Waals surface area contributed by atoms with Crippen molar-refractivity contribution in [1.29, 1.82) is 0 Å².